The molecular formula is C17H18NO6P. The summed E-state index contributed by atoms with van der Waals surface area (Å²) in [7, 11) is -4.27. The lowest BCUT2D eigenvalue weighted by atomic mass is 10.0. The molecule has 7 nitrogen and oxygen atoms in total. The van der Waals surface area contributed by atoms with Crippen molar-refractivity contribution in [3.63, 3.8) is 0 Å². The van der Waals surface area contributed by atoms with Crippen molar-refractivity contribution in [2.45, 2.75) is 5.92 Å². The molecule has 0 radical (unpaired) electrons. The second-order valence-corrected chi connectivity index (χ2v) is 7.25. The number of nitrogens with one attached hydrogen (secondary N) is 1. The normalized spacial score (nSPS) is 12.4. The molecule has 0 spiro atoms. The number of amides is 1. The highest BCUT2D eigenvalue weighted by atomic mass is 31.2. The third kappa shape index (κ3) is 5.83. The Balaban J connectivity index is 2.12. The van der Waals surface area contributed by atoms with E-state index in [9.17, 15) is 23.9 Å². The Morgan fingerprint density at radius 2 is 1.64 bits per heavy atom. The molecule has 8 heteroatoms. The van der Waals surface area contributed by atoms with Crippen LogP contribution in [-0.2, 0) is 4.57 Å². The summed E-state index contributed by atoms with van der Waals surface area (Å²) in [5.41, 5.74) is 0.857. The number of carboxylic acid groups (broad SMARTS) is 1. The van der Waals surface area contributed by atoms with Crippen molar-refractivity contribution in [2.75, 3.05) is 12.7 Å². The first-order chi connectivity index (χ1) is 11.8. The predicted octanol–water partition coefficient (Wildman–Crippen LogP) is 2.08. The van der Waals surface area contributed by atoms with Crippen LogP contribution in [0.4, 0.5) is 0 Å². The van der Waals surface area contributed by atoms with E-state index in [2.05, 4.69) is 5.32 Å². The molecule has 2 rings (SSSR count). The summed E-state index contributed by atoms with van der Waals surface area (Å²) < 4.78 is 11.4. The topological polar surface area (TPSA) is 124 Å². The standard InChI is InChI=1S/C17H18NO6P/c19-16(13-7-4-8-14(9-13)17(20)21)18-10-15(11-25(22,23)24)12-5-2-1-3-6-12/h1-9,15H,10-11H2,(H,18,19)(H,20,21)(H2,22,23,24). The summed E-state index contributed by atoms with van der Waals surface area (Å²) in [6, 6.07) is 14.3. The Bertz CT molecular complexity index is 802. The van der Waals surface area contributed by atoms with E-state index in [1.807, 2.05) is 0 Å². The van der Waals surface area contributed by atoms with Crippen LogP contribution in [0.25, 0.3) is 0 Å². The number of hydrogen-bond donors (Lipinski definition) is 4. The van der Waals surface area contributed by atoms with Gasteiger partial charge in [-0.25, -0.2) is 4.79 Å². The van der Waals surface area contributed by atoms with Crippen molar-refractivity contribution < 1.29 is 29.0 Å². The van der Waals surface area contributed by atoms with Crippen LogP contribution in [0.15, 0.2) is 54.6 Å². The highest BCUT2D eigenvalue weighted by Gasteiger charge is 2.23. The van der Waals surface area contributed by atoms with Crippen molar-refractivity contribution in [3.8, 4) is 0 Å². The van der Waals surface area contributed by atoms with Crippen LogP contribution in [0.2, 0.25) is 0 Å². The number of carbonyl (C=O) groups excluding carboxylic acids is 1. The second kappa shape index (κ2) is 8.07. The van der Waals surface area contributed by atoms with Gasteiger partial charge in [-0.2, -0.15) is 0 Å². The van der Waals surface area contributed by atoms with Crippen LogP contribution in [-0.4, -0.2) is 39.5 Å². The Morgan fingerprint density at radius 3 is 2.24 bits per heavy atom. The maximum atomic E-state index is 12.2. The number of hydrogen-bond acceptors (Lipinski definition) is 3. The van der Waals surface area contributed by atoms with Gasteiger partial charge in [0.2, 0.25) is 0 Å². The molecular weight excluding hydrogens is 345 g/mol. The molecule has 25 heavy (non-hydrogen) atoms. The van der Waals surface area contributed by atoms with Gasteiger partial charge in [-0.05, 0) is 23.8 Å². The van der Waals surface area contributed by atoms with E-state index in [4.69, 9.17) is 5.11 Å². The van der Waals surface area contributed by atoms with Crippen LogP contribution in [0, 0.1) is 0 Å². The molecule has 0 aromatic heterocycles. The molecule has 0 heterocycles. The second-order valence-electron chi connectivity index (χ2n) is 5.55. The van der Waals surface area contributed by atoms with Gasteiger partial charge >= 0.3 is 13.6 Å². The van der Waals surface area contributed by atoms with E-state index in [0.717, 1.165) is 0 Å². The van der Waals surface area contributed by atoms with E-state index < -0.39 is 31.6 Å². The highest BCUT2D eigenvalue weighted by Crippen LogP contribution is 2.39. The average molecular weight is 363 g/mol. The van der Waals surface area contributed by atoms with Crippen LogP contribution in [0.1, 0.15) is 32.2 Å². The molecule has 132 valence electrons. The van der Waals surface area contributed by atoms with Crippen molar-refractivity contribution >= 4 is 19.5 Å². The Labute approximate surface area is 144 Å². The number of rotatable bonds is 7. The van der Waals surface area contributed by atoms with Gasteiger partial charge in [0, 0.05) is 18.0 Å². The summed E-state index contributed by atoms with van der Waals surface area (Å²) in [4.78, 5) is 41.7. The lowest BCUT2D eigenvalue weighted by molar-refractivity contribution is 0.0697. The average Bonchev–Trinajstić information content (AvgIpc) is 2.58. The zero-order chi connectivity index (χ0) is 18.4. The molecule has 0 aliphatic heterocycles. The first-order valence-electron chi connectivity index (χ1n) is 7.47. The Morgan fingerprint density at radius 1 is 1.00 bits per heavy atom. The summed E-state index contributed by atoms with van der Waals surface area (Å²) in [6.45, 7) is 0.0191. The highest BCUT2D eigenvalue weighted by molar-refractivity contribution is 7.51. The van der Waals surface area contributed by atoms with E-state index >= 15 is 0 Å². The quantitative estimate of drug-likeness (QED) is 0.559. The summed E-state index contributed by atoms with van der Waals surface area (Å²) in [6.07, 6.45) is -0.396. The van der Waals surface area contributed by atoms with Crippen LogP contribution < -0.4 is 5.32 Å². The Hall–Kier alpha value is -2.47. The third-order valence-corrected chi connectivity index (χ3v) is 4.53. The van der Waals surface area contributed by atoms with Gasteiger partial charge in [-0.1, -0.05) is 36.4 Å². The van der Waals surface area contributed by atoms with E-state index in [0.29, 0.717) is 5.56 Å². The molecule has 0 aliphatic rings. The van der Waals surface area contributed by atoms with Gasteiger partial charge in [0.15, 0.2) is 0 Å². The zero-order valence-corrected chi connectivity index (χ0v) is 14.1. The lowest BCUT2D eigenvalue weighted by Crippen LogP contribution is -2.30. The first-order valence-corrected chi connectivity index (χ1v) is 9.27. The SMILES string of the molecule is O=C(O)c1cccc(C(=O)NCC(CP(=O)(O)O)c2ccccc2)c1. The molecule has 0 bridgehead atoms. The fraction of sp³-hybridized carbons (Fsp3) is 0.176. The smallest absolute Gasteiger partial charge is 0.335 e. The molecule has 2 aromatic carbocycles. The van der Waals surface area contributed by atoms with Gasteiger partial charge < -0.3 is 20.2 Å². The fourth-order valence-corrected chi connectivity index (χ4v) is 3.33. The van der Waals surface area contributed by atoms with Crippen molar-refractivity contribution in [1.82, 2.24) is 5.32 Å². The van der Waals surface area contributed by atoms with Gasteiger partial charge in [-0.3, -0.25) is 9.36 Å². The Kier molecular flexibility index (Phi) is 6.09. The molecule has 1 atom stereocenters. The lowest BCUT2D eigenvalue weighted by Gasteiger charge is -2.19. The molecule has 0 saturated heterocycles. The van der Waals surface area contributed by atoms with Crippen LogP contribution >= 0.6 is 7.60 Å². The summed E-state index contributed by atoms with van der Waals surface area (Å²) in [5.74, 6) is -2.21. The van der Waals surface area contributed by atoms with Crippen molar-refractivity contribution in [3.05, 3.63) is 71.3 Å². The van der Waals surface area contributed by atoms with E-state index in [1.54, 1.807) is 30.3 Å². The summed E-state index contributed by atoms with van der Waals surface area (Å²) in [5, 5.41) is 11.6. The monoisotopic (exact) mass is 363 g/mol. The van der Waals surface area contributed by atoms with Crippen molar-refractivity contribution in [2.24, 2.45) is 0 Å². The number of benzene rings is 2. The minimum absolute atomic E-state index is 0.0116. The molecule has 1 amide bonds. The van der Waals surface area contributed by atoms with Gasteiger partial charge in [0.05, 0.1) is 11.7 Å². The zero-order valence-electron chi connectivity index (χ0n) is 13.2. The molecule has 0 aliphatic carbocycles. The minimum Gasteiger partial charge on any atom is -0.478 e. The maximum absolute atomic E-state index is 12.2. The molecule has 2 aromatic rings. The molecule has 0 fully saturated rings. The number of carbonyl (C=O) groups is 2. The summed E-state index contributed by atoms with van der Waals surface area (Å²) >= 11 is 0. The van der Waals surface area contributed by atoms with Gasteiger partial charge in [-0.15, -0.1) is 0 Å². The minimum atomic E-state index is -4.27. The number of aromatic carboxylic acids is 1. The first kappa shape index (κ1) is 18.9. The molecule has 4 N–H and O–H groups in total. The fourth-order valence-electron chi connectivity index (χ4n) is 2.41. The number of carboxylic acids is 1. The maximum Gasteiger partial charge on any atom is 0.335 e. The third-order valence-electron chi connectivity index (χ3n) is 3.61. The molecule has 0 saturated carbocycles. The predicted molar refractivity (Wildman–Crippen MR) is 91.8 cm³/mol. The molecule has 1 unspecified atom stereocenters. The van der Waals surface area contributed by atoms with Crippen LogP contribution in [0.3, 0.4) is 0 Å². The van der Waals surface area contributed by atoms with Gasteiger partial charge in [0.25, 0.3) is 5.91 Å². The van der Waals surface area contributed by atoms with E-state index in [1.165, 1.54) is 24.3 Å². The van der Waals surface area contributed by atoms with Crippen molar-refractivity contribution in [1.29, 1.82) is 0 Å². The van der Waals surface area contributed by atoms with E-state index in [-0.39, 0.29) is 17.7 Å². The largest absolute Gasteiger partial charge is 0.478 e. The van der Waals surface area contributed by atoms with Crippen LogP contribution in [0.5, 0.6) is 0 Å². The van der Waals surface area contributed by atoms with Gasteiger partial charge in [0.1, 0.15) is 0 Å².